The summed E-state index contributed by atoms with van der Waals surface area (Å²) < 4.78 is 0. The first kappa shape index (κ1) is 11.0. The van der Waals surface area contributed by atoms with Crippen molar-refractivity contribution in [2.45, 2.75) is 38.5 Å². The van der Waals surface area contributed by atoms with Crippen LogP contribution < -0.4 is 5.69 Å². The van der Waals surface area contributed by atoms with Gasteiger partial charge in [-0.15, -0.1) is 0 Å². The molecule has 16 heavy (non-hydrogen) atoms. The van der Waals surface area contributed by atoms with Crippen molar-refractivity contribution in [2.24, 2.45) is 5.92 Å². The molecule has 0 bridgehead atoms. The first-order valence-electron chi connectivity index (χ1n) is 5.71. The van der Waals surface area contributed by atoms with Gasteiger partial charge in [-0.25, -0.2) is 9.59 Å². The molecule has 5 nitrogen and oxygen atoms in total. The molecule has 0 amide bonds. The lowest BCUT2D eigenvalue weighted by atomic mass is 10.00. The number of carboxylic acid groups (broad SMARTS) is 1. The van der Waals surface area contributed by atoms with E-state index >= 15 is 0 Å². The van der Waals surface area contributed by atoms with Crippen molar-refractivity contribution in [3.63, 3.8) is 0 Å². The number of carbonyl (C=O) groups is 1. The summed E-state index contributed by atoms with van der Waals surface area (Å²) in [6.07, 6.45) is 6.63. The number of aromatic amines is 2. The molecule has 0 unspecified atom stereocenters. The van der Waals surface area contributed by atoms with Crippen molar-refractivity contribution in [3.05, 3.63) is 21.9 Å². The highest BCUT2D eigenvalue weighted by molar-refractivity contribution is 5.86. The average Bonchev–Trinajstić information content (AvgIpc) is 2.83. The largest absolute Gasteiger partial charge is 0.477 e. The number of nitrogens with one attached hydrogen (secondary N) is 2. The van der Waals surface area contributed by atoms with Crippen LogP contribution in [-0.4, -0.2) is 21.0 Å². The van der Waals surface area contributed by atoms with Crippen molar-refractivity contribution in [1.29, 1.82) is 0 Å². The Bertz CT molecular complexity index is 427. The molecule has 1 aromatic heterocycles. The predicted molar refractivity (Wildman–Crippen MR) is 58.7 cm³/mol. The average molecular weight is 224 g/mol. The van der Waals surface area contributed by atoms with Crippen LogP contribution in [0.2, 0.25) is 0 Å². The van der Waals surface area contributed by atoms with Crippen LogP contribution in [0.3, 0.4) is 0 Å². The van der Waals surface area contributed by atoms with Crippen molar-refractivity contribution < 1.29 is 9.90 Å². The number of hydrogen-bond donors (Lipinski definition) is 3. The molecule has 0 atom stereocenters. The summed E-state index contributed by atoms with van der Waals surface area (Å²) in [6.45, 7) is 0. The molecule has 3 N–H and O–H groups in total. The highest BCUT2D eigenvalue weighted by atomic mass is 16.4. The molecule has 0 radical (unpaired) electrons. The van der Waals surface area contributed by atoms with Crippen LogP contribution in [0.4, 0.5) is 0 Å². The Hall–Kier alpha value is -1.52. The van der Waals surface area contributed by atoms with Gasteiger partial charge in [-0.1, -0.05) is 25.7 Å². The maximum atomic E-state index is 11.0. The van der Waals surface area contributed by atoms with Crippen molar-refractivity contribution in [2.75, 3.05) is 0 Å². The zero-order valence-electron chi connectivity index (χ0n) is 9.08. The van der Waals surface area contributed by atoms with Gasteiger partial charge in [0.1, 0.15) is 5.69 Å². The van der Waals surface area contributed by atoms with Gasteiger partial charge < -0.3 is 10.1 Å². The van der Waals surface area contributed by atoms with E-state index in [1.54, 1.807) is 0 Å². The number of aromatic carboxylic acids is 1. The van der Waals surface area contributed by atoms with Gasteiger partial charge in [-0.3, -0.25) is 4.98 Å². The Morgan fingerprint density at radius 1 is 1.31 bits per heavy atom. The second kappa shape index (κ2) is 4.55. The molecule has 0 saturated heterocycles. The number of imidazole rings is 1. The summed E-state index contributed by atoms with van der Waals surface area (Å²) in [5.41, 5.74) is 0.117. The third-order valence-electron chi connectivity index (χ3n) is 3.30. The van der Waals surface area contributed by atoms with Crippen LogP contribution in [-0.2, 0) is 6.42 Å². The van der Waals surface area contributed by atoms with E-state index < -0.39 is 11.7 Å². The lowest BCUT2D eigenvalue weighted by Crippen LogP contribution is -2.04. The van der Waals surface area contributed by atoms with Gasteiger partial charge in [-0.2, -0.15) is 0 Å². The molecule has 0 aromatic carbocycles. The Morgan fingerprint density at radius 3 is 2.62 bits per heavy atom. The van der Waals surface area contributed by atoms with E-state index in [9.17, 15) is 9.59 Å². The number of rotatable bonds is 4. The van der Waals surface area contributed by atoms with Crippen molar-refractivity contribution in [1.82, 2.24) is 9.97 Å². The van der Waals surface area contributed by atoms with E-state index in [2.05, 4.69) is 9.97 Å². The fourth-order valence-corrected chi connectivity index (χ4v) is 2.44. The van der Waals surface area contributed by atoms with Crippen LogP contribution in [0.15, 0.2) is 4.79 Å². The van der Waals surface area contributed by atoms with Gasteiger partial charge in [0.2, 0.25) is 0 Å². The fourth-order valence-electron chi connectivity index (χ4n) is 2.44. The minimum atomic E-state index is -1.07. The number of hydrogen-bond acceptors (Lipinski definition) is 2. The molecule has 0 spiro atoms. The maximum Gasteiger partial charge on any atom is 0.354 e. The predicted octanol–water partition coefficient (Wildman–Crippen LogP) is 1.52. The Kier molecular flexibility index (Phi) is 3.12. The highest BCUT2D eigenvalue weighted by Gasteiger charge is 2.18. The minimum Gasteiger partial charge on any atom is -0.477 e. The zero-order valence-corrected chi connectivity index (χ0v) is 9.08. The standard InChI is InChI=1S/C11H16N2O3/c14-10(15)9-8(12-11(16)13-9)6-5-7-3-1-2-4-7/h7H,1-6H2,(H,14,15)(H2,12,13,16). The topological polar surface area (TPSA) is 85.9 Å². The summed E-state index contributed by atoms with van der Waals surface area (Å²) in [4.78, 5) is 26.7. The van der Waals surface area contributed by atoms with Crippen LogP contribution in [0.25, 0.3) is 0 Å². The van der Waals surface area contributed by atoms with E-state index in [0.29, 0.717) is 18.0 Å². The molecule has 1 aliphatic carbocycles. The molecule has 1 saturated carbocycles. The molecule has 1 fully saturated rings. The molecular formula is C11H16N2O3. The van der Waals surface area contributed by atoms with Crippen LogP contribution in [0, 0.1) is 5.92 Å². The number of aryl methyl sites for hydroxylation is 1. The van der Waals surface area contributed by atoms with Crippen LogP contribution >= 0.6 is 0 Å². The van der Waals surface area contributed by atoms with Crippen LogP contribution in [0.1, 0.15) is 48.3 Å². The summed E-state index contributed by atoms with van der Waals surface area (Å²) in [5.74, 6) is -0.375. The molecule has 2 rings (SSSR count). The molecule has 88 valence electrons. The Labute approximate surface area is 92.9 Å². The number of aromatic nitrogens is 2. The lowest BCUT2D eigenvalue weighted by molar-refractivity contribution is 0.0689. The monoisotopic (exact) mass is 224 g/mol. The first-order chi connectivity index (χ1) is 7.66. The van der Waals surface area contributed by atoms with Crippen LogP contribution in [0.5, 0.6) is 0 Å². The highest BCUT2D eigenvalue weighted by Crippen LogP contribution is 2.28. The van der Waals surface area contributed by atoms with Gasteiger partial charge in [0.15, 0.2) is 0 Å². The maximum absolute atomic E-state index is 11.0. The molecule has 5 heteroatoms. The van der Waals surface area contributed by atoms with Gasteiger partial charge in [-0.05, 0) is 18.8 Å². The van der Waals surface area contributed by atoms with E-state index in [-0.39, 0.29) is 5.69 Å². The number of carboxylic acids is 1. The fraction of sp³-hybridized carbons (Fsp3) is 0.636. The van der Waals surface area contributed by atoms with Crippen molar-refractivity contribution in [3.8, 4) is 0 Å². The second-order valence-electron chi connectivity index (χ2n) is 4.43. The Morgan fingerprint density at radius 2 is 2.00 bits per heavy atom. The number of H-pyrrole nitrogens is 2. The smallest absolute Gasteiger partial charge is 0.354 e. The summed E-state index contributed by atoms with van der Waals surface area (Å²) in [7, 11) is 0. The first-order valence-corrected chi connectivity index (χ1v) is 5.71. The summed E-state index contributed by atoms with van der Waals surface area (Å²) in [6, 6.07) is 0. The minimum absolute atomic E-state index is 0.0167. The third kappa shape index (κ3) is 2.35. The van der Waals surface area contributed by atoms with Gasteiger partial charge in [0.25, 0.3) is 0 Å². The third-order valence-corrected chi connectivity index (χ3v) is 3.30. The molecule has 1 heterocycles. The molecule has 1 aromatic rings. The quantitative estimate of drug-likeness (QED) is 0.724. The summed E-state index contributed by atoms with van der Waals surface area (Å²) >= 11 is 0. The van der Waals surface area contributed by atoms with Gasteiger partial charge in [0, 0.05) is 0 Å². The van der Waals surface area contributed by atoms with Gasteiger partial charge >= 0.3 is 11.7 Å². The van der Waals surface area contributed by atoms with E-state index in [1.165, 1.54) is 25.7 Å². The molecule has 1 aliphatic rings. The molecule has 0 aliphatic heterocycles. The van der Waals surface area contributed by atoms with Crippen molar-refractivity contribution >= 4 is 5.97 Å². The van der Waals surface area contributed by atoms with E-state index in [0.717, 1.165) is 6.42 Å². The Balaban J connectivity index is 2.02. The normalized spacial score (nSPS) is 16.8. The zero-order chi connectivity index (χ0) is 11.5. The van der Waals surface area contributed by atoms with E-state index in [1.807, 2.05) is 0 Å². The van der Waals surface area contributed by atoms with Gasteiger partial charge in [0.05, 0.1) is 5.69 Å². The SMILES string of the molecule is O=C(O)c1[nH]c(=O)[nH]c1CCC1CCCC1. The lowest BCUT2D eigenvalue weighted by Gasteiger charge is -2.07. The van der Waals surface area contributed by atoms with E-state index in [4.69, 9.17) is 5.11 Å². The molecular weight excluding hydrogens is 208 g/mol. The summed E-state index contributed by atoms with van der Waals surface area (Å²) in [5, 5.41) is 8.88. The second-order valence-corrected chi connectivity index (χ2v) is 4.43.